The van der Waals surface area contributed by atoms with Crippen LogP contribution in [0.2, 0.25) is 5.02 Å². The molecule has 2 rings (SSSR count). The van der Waals surface area contributed by atoms with Crippen molar-refractivity contribution in [3.05, 3.63) is 32.4 Å². The second-order valence-corrected chi connectivity index (χ2v) is 6.79. The number of thioether (sulfide) groups is 1. The summed E-state index contributed by atoms with van der Waals surface area (Å²) in [6.45, 7) is 0.773. The average Bonchev–Trinajstić information content (AvgIpc) is 2.82. The van der Waals surface area contributed by atoms with E-state index in [9.17, 15) is 4.79 Å². The van der Waals surface area contributed by atoms with E-state index in [1.807, 2.05) is 23.9 Å². The SMILES string of the molecule is O=C(NCC1CCSC1)c1ccc(I)c(Cl)c1. The Hall–Kier alpha value is 0.0600. The lowest BCUT2D eigenvalue weighted by atomic mass is 10.1. The Labute approximate surface area is 124 Å². The van der Waals surface area contributed by atoms with E-state index in [0.717, 1.165) is 15.9 Å². The molecule has 1 atom stereocenters. The van der Waals surface area contributed by atoms with Gasteiger partial charge >= 0.3 is 0 Å². The van der Waals surface area contributed by atoms with Gasteiger partial charge in [0.1, 0.15) is 0 Å². The van der Waals surface area contributed by atoms with Crippen LogP contribution in [0.1, 0.15) is 16.8 Å². The molecule has 1 N–H and O–H groups in total. The Bertz CT molecular complexity index is 421. The molecule has 1 saturated heterocycles. The summed E-state index contributed by atoms with van der Waals surface area (Å²) >= 11 is 10.1. The van der Waals surface area contributed by atoms with Gasteiger partial charge in [-0.05, 0) is 64.6 Å². The van der Waals surface area contributed by atoms with Gasteiger partial charge in [0.15, 0.2) is 0 Å². The number of carbonyl (C=O) groups is 1. The van der Waals surface area contributed by atoms with Crippen LogP contribution >= 0.6 is 46.0 Å². The van der Waals surface area contributed by atoms with E-state index in [1.54, 1.807) is 6.07 Å². The summed E-state index contributed by atoms with van der Waals surface area (Å²) < 4.78 is 0.966. The van der Waals surface area contributed by atoms with Crippen molar-refractivity contribution in [1.29, 1.82) is 0 Å². The van der Waals surface area contributed by atoms with Gasteiger partial charge in [0.25, 0.3) is 5.91 Å². The lowest BCUT2D eigenvalue weighted by molar-refractivity contribution is 0.0948. The molecule has 5 heteroatoms. The highest BCUT2D eigenvalue weighted by atomic mass is 127. The Morgan fingerprint density at radius 2 is 2.41 bits per heavy atom. The molecular formula is C12H13ClINOS. The number of halogens is 2. The second kappa shape index (κ2) is 6.29. The van der Waals surface area contributed by atoms with Crippen LogP contribution in [0.15, 0.2) is 18.2 Å². The topological polar surface area (TPSA) is 29.1 Å². The monoisotopic (exact) mass is 381 g/mol. The number of benzene rings is 1. The number of rotatable bonds is 3. The highest BCUT2D eigenvalue weighted by molar-refractivity contribution is 14.1. The summed E-state index contributed by atoms with van der Waals surface area (Å²) in [6, 6.07) is 5.40. The molecule has 1 aromatic carbocycles. The predicted molar refractivity (Wildman–Crippen MR) is 81.9 cm³/mol. The first-order chi connectivity index (χ1) is 8.16. The summed E-state index contributed by atoms with van der Waals surface area (Å²) in [5, 5.41) is 3.61. The fourth-order valence-electron chi connectivity index (χ4n) is 1.72. The van der Waals surface area contributed by atoms with Crippen LogP contribution in [0.4, 0.5) is 0 Å². The van der Waals surface area contributed by atoms with E-state index >= 15 is 0 Å². The van der Waals surface area contributed by atoms with Gasteiger partial charge in [-0.3, -0.25) is 4.79 Å². The van der Waals surface area contributed by atoms with E-state index in [2.05, 4.69) is 27.9 Å². The van der Waals surface area contributed by atoms with Crippen molar-refractivity contribution in [3.8, 4) is 0 Å². The van der Waals surface area contributed by atoms with Crippen molar-refractivity contribution < 1.29 is 4.79 Å². The third-order valence-corrected chi connectivity index (χ3v) is 5.56. The van der Waals surface area contributed by atoms with E-state index in [-0.39, 0.29) is 5.91 Å². The molecule has 0 spiro atoms. The largest absolute Gasteiger partial charge is 0.352 e. The Morgan fingerprint density at radius 1 is 1.59 bits per heavy atom. The number of carbonyl (C=O) groups excluding carboxylic acids is 1. The lowest BCUT2D eigenvalue weighted by Crippen LogP contribution is -2.29. The van der Waals surface area contributed by atoms with Gasteiger partial charge in [0.05, 0.1) is 5.02 Å². The van der Waals surface area contributed by atoms with Gasteiger partial charge in [-0.2, -0.15) is 11.8 Å². The van der Waals surface area contributed by atoms with Crippen LogP contribution in [-0.2, 0) is 0 Å². The minimum absolute atomic E-state index is 0.0276. The Balaban J connectivity index is 1.92. The first-order valence-corrected chi connectivity index (χ1v) is 8.09. The van der Waals surface area contributed by atoms with Crippen molar-refractivity contribution in [3.63, 3.8) is 0 Å². The highest BCUT2D eigenvalue weighted by Crippen LogP contribution is 2.23. The molecule has 1 fully saturated rings. The number of nitrogens with one attached hydrogen (secondary N) is 1. The summed E-state index contributed by atoms with van der Waals surface area (Å²) in [4.78, 5) is 11.9. The maximum atomic E-state index is 11.9. The molecule has 92 valence electrons. The molecule has 1 heterocycles. The zero-order valence-corrected chi connectivity index (χ0v) is 12.9. The lowest BCUT2D eigenvalue weighted by Gasteiger charge is -2.10. The maximum absolute atomic E-state index is 11.9. The molecule has 1 aliphatic rings. The van der Waals surface area contributed by atoms with Crippen molar-refractivity contribution >= 4 is 51.9 Å². The van der Waals surface area contributed by atoms with Gasteiger partial charge in [-0.1, -0.05) is 11.6 Å². The molecule has 1 unspecified atom stereocenters. The van der Waals surface area contributed by atoms with Crippen LogP contribution in [0.25, 0.3) is 0 Å². The van der Waals surface area contributed by atoms with Crippen molar-refractivity contribution in [2.75, 3.05) is 18.1 Å². The third kappa shape index (κ3) is 3.76. The number of hydrogen-bond donors (Lipinski definition) is 1. The van der Waals surface area contributed by atoms with Crippen molar-refractivity contribution in [1.82, 2.24) is 5.32 Å². The van der Waals surface area contributed by atoms with Crippen LogP contribution in [0.3, 0.4) is 0 Å². The Kier molecular flexibility index (Phi) is 4.99. The van der Waals surface area contributed by atoms with Gasteiger partial charge in [0, 0.05) is 15.7 Å². The van der Waals surface area contributed by atoms with E-state index < -0.39 is 0 Å². The van der Waals surface area contributed by atoms with Gasteiger partial charge in [-0.15, -0.1) is 0 Å². The maximum Gasteiger partial charge on any atom is 0.251 e. The molecule has 0 aliphatic carbocycles. The molecule has 17 heavy (non-hydrogen) atoms. The smallest absolute Gasteiger partial charge is 0.251 e. The van der Waals surface area contributed by atoms with Crippen LogP contribution < -0.4 is 5.32 Å². The molecule has 1 aromatic rings. The minimum atomic E-state index is -0.0276. The molecule has 2 nitrogen and oxygen atoms in total. The average molecular weight is 382 g/mol. The minimum Gasteiger partial charge on any atom is -0.352 e. The third-order valence-electron chi connectivity index (χ3n) is 2.76. The van der Waals surface area contributed by atoms with Gasteiger partial charge in [-0.25, -0.2) is 0 Å². The summed E-state index contributed by atoms with van der Waals surface area (Å²) in [7, 11) is 0. The predicted octanol–water partition coefficient (Wildman–Crippen LogP) is 3.43. The normalized spacial score (nSPS) is 19.3. The van der Waals surface area contributed by atoms with Crippen LogP contribution in [0.5, 0.6) is 0 Å². The quantitative estimate of drug-likeness (QED) is 0.813. The standard InChI is InChI=1S/C12H13ClINOS/c13-10-5-9(1-2-11(10)14)12(16)15-6-8-3-4-17-7-8/h1-2,5,8H,3-4,6-7H2,(H,15,16). The second-order valence-electron chi connectivity index (χ2n) is 4.07. The summed E-state index contributed by atoms with van der Waals surface area (Å²) in [6.07, 6.45) is 1.21. The number of amides is 1. The first kappa shape index (κ1) is 13.5. The van der Waals surface area contributed by atoms with Crippen molar-refractivity contribution in [2.24, 2.45) is 5.92 Å². The zero-order valence-electron chi connectivity index (χ0n) is 9.21. The first-order valence-electron chi connectivity index (χ1n) is 5.48. The summed E-state index contributed by atoms with van der Waals surface area (Å²) in [5.41, 5.74) is 0.640. The van der Waals surface area contributed by atoms with Crippen LogP contribution in [-0.4, -0.2) is 24.0 Å². The number of hydrogen-bond acceptors (Lipinski definition) is 2. The highest BCUT2D eigenvalue weighted by Gasteiger charge is 2.16. The van der Waals surface area contributed by atoms with Gasteiger partial charge < -0.3 is 5.32 Å². The zero-order chi connectivity index (χ0) is 12.3. The molecule has 0 bridgehead atoms. The van der Waals surface area contributed by atoms with Gasteiger partial charge in [0.2, 0.25) is 0 Å². The Morgan fingerprint density at radius 3 is 3.06 bits per heavy atom. The van der Waals surface area contributed by atoms with E-state index in [1.165, 1.54) is 12.2 Å². The fourth-order valence-corrected chi connectivity index (χ4v) is 3.52. The molecule has 1 aliphatic heterocycles. The van der Waals surface area contributed by atoms with E-state index in [0.29, 0.717) is 16.5 Å². The molecule has 0 saturated carbocycles. The molecule has 0 radical (unpaired) electrons. The molecule has 1 amide bonds. The molecule has 0 aromatic heterocycles. The summed E-state index contributed by atoms with van der Waals surface area (Å²) in [5.74, 6) is 2.98. The van der Waals surface area contributed by atoms with Crippen LogP contribution in [0, 0.1) is 9.49 Å². The fraction of sp³-hybridized carbons (Fsp3) is 0.417. The van der Waals surface area contributed by atoms with E-state index in [4.69, 9.17) is 11.6 Å². The molecular weight excluding hydrogens is 369 g/mol. The van der Waals surface area contributed by atoms with Crippen molar-refractivity contribution in [2.45, 2.75) is 6.42 Å².